The summed E-state index contributed by atoms with van der Waals surface area (Å²) in [4.78, 5) is 31.3. The maximum atomic E-state index is 14.3. The summed E-state index contributed by atoms with van der Waals surface area (Å²) in [7, 11) is 0. The minimum absolute atomic E-state index is 0.0127. The molecular formula is C36H32F6N2O2. The molecule has 0 radical (unpaired) electrons. The van der Waals surface area contributed by atoms with Crippen molar-refractivity contribution in [2.75, 3.05) is 9.80 Å². The number of ketones is 2. The van der Waals surface area contributed by atoms with E-state index in [1.165, 1.54) is 34.1 Å². The van der Waals surface area contributed by atoms with Gasteiger partial charge in [0, 0.05) is 22.7 Å². The van der Waals surface area contributed by atoms with Crippen molar-refractivity contribution in [3.63, 3.8) is 0 Å². The van der Waals surface area contributed by atoms with E-state index in [9.17, 15) is 35.9 Å². The van der Waals surface area contributed by atoms with Gasteiger partial charge in [-0.25, -0.2) is 0 Å². The van der Waals surface area contributed by atoms with Crippen LogP contribution in [-0.2, 0) is 21.9 Å². The molecule has 240 valence electrons. The van der Waals surface area contributed by atoms with Gasteiger partial charge in [0.2, 0.25) is 0 Å². The number of hydrogen-bond acceptors (Lipinski definition) is 4. The van der Waals surface area contributed by atoms with Crippen molar-refractivity contribution in [2.24, 2.45) is 0 Å². The third kappa shape index (κ3) is 6.12. The lowest BCUT2D eigenvalue weighted by Gasteiger charge is -2.46. The van der Waals surface area contributed by atoms with Crippen LogP contribution in [0, 0.1) is 0 Å². The molecule has 0 spiro atoms. The summed E-state index contributed by atoms with van der Waals surface area (Å²) < 4.78 is 82.9. The van der Waals surface area contributed by atoms with Crippen LogP contribution in [0.3, 0.4) is 0 Å². The average Bonchev–Trinajstić information content (AvgIpc) is 3.01. The highest BCUT2D eigenvalue weighted by Crippen LogP contribution is 2.44. The number of carbonyl (C=O) groups excluding carboxylic acids is 2. The van der Waals surface area contributed by atoms with Gasteiger partial charge >= 0.3 is 12.4 Å². The van der Waals surface area contributed by atoms with Crippen LogP contribution in [-0.4, -0.2) is 23.7 Å². The number of Topliss-reactive ketones (excluding diaryl/α,β-unsaturated/α-hetero) is 2. The zero-order valence-corrected chi connectivity index (χ0v) is 25.5. The quantitative estimate of drug-likeness (QED) is 0.142. The van der Waals surface area contributed by atoms with Crippen LogP contribution in [0.1, 0.15) is 61.8 Å². The summed E-state index contributed by atoms with van der Waals surface area (Å²) in [6, 6.07) is 19.5. The molecule has 0 N–H and O–H groups in total. The number of para-hydroxylation sites is 2. The Morgan fingerprint density at radius 3 is 1.20 bits per heavy atom. The van der Waals surface area contributed by atoms with E-state index >= 15 is 0 Å². The lowest BCUT2D eigenvalue weighted by atomic mass is 9.78. The van der Waals surface area contributed by atoms with Crippen molar-refractivity contribution in [3.8, 4) is 0 Å². The van der Waals surface area contributed by atoms with Crippen LogP contribution in [0.4, 0.5) is 49.1 Å². The molecule has 5 rings (SSSR count). The second-order valence-corrected chi connectivity index (χ2v) is 11.9. The molecule has 1 aliphatic carbocycles. The Kier molecular flexibility index (Phi) is 8.77. The number of nitrogens with zero attached hydrogens (tertiary/aromatic N) is 2. The Labute approximate surface area is 263 Å². The highest BCUT2D eigenvalue weighted by atomic mass is 19.4. The number of anilines is 4. The van der Waals surface area contributed by atoms with Crippen LogP contribution in [0.5, 0.6) is 0 Å². The number of rotatable bonds is 8. The van der Waals surface area contributed by atoms with Gasteiger partial charge in [-0.05, 0) is 71.5 Å². The highest BCUT2D eigenvalue weighted by Gasteiger charge is 2.56. The molecule has 0 aliphatic heterocycles. The predicted octanol–water partition coefficient (Wildman–Crippen LogP) is 9.84. The van der Waals surface area contributed by atoms with Gasteiger partial charge in [-0.2, -0.15) is 26.3 Å². The molecule has 1 saturated carbocycles. The molecule has 0 amide bonds. The maximum Gasteiger partial charge on any atom is 0.416 e. The Balaban J connectivity index is 1.68. The zero-order valence-electron chi connectivity index (χ0n) is 25.5. The van der Waals surface area contributed by atoms with Gasteiger partial charge in [-0.3, -0.25) is 9.59 Å². The summed E-state index contributed by atoms with van der Waals surface area (Å²) in [6.45, 7) is 7.53. The van der Waals surface area contributed by atoms with Crippen molar-refractivity contribution in [3.05, 3.63) is 119 Å². The zero-order chi connectivity index (χ0) is 33.6. The Morgan fingerprint density at radius 2 is 0.870 bits per heavy atom. The monoisotopic (exact) mass is 638 g/mol. The summed E-state index contributed by atoms with van der Waals surface area (Å²) >= 11 is 0. The topological polar surface area (TPSA) is 40.6 Å². The third-order valence-electron chi connectivity index (χ3n) is 8.13. The van der Waals surface area contributed by atoms with Crippen LogP contribution in [0.2, 0.25) is 0 Å². The van der Waals surface area contributed by atoms with Crippen molar-refractivity contribution >= 4 is 34.3 Å². The first kappa shape index (κ1) is 32.8. The number of hydrogen-bond donors (Lipinski definition) is 0. The number of halogens is 6. The van der Waals surface area contributed by atoms with E-state index in [0.717, 1.165) is 24.3 Å². The van der Waals surface area contributed by atoms with Crippen molar-refractivity contribution in [1.82, 2.24) is 0 Å². The molecule has 1 aliphatic rings. The fourth-order valence-corrected chi connectivity index (χ4v) is 5.90. The smallest absolute Gasteiger partial charge is 0.323 e. The average molecular weight is 639 g/mol. The molecule has 4 aromatic carbocycles. The van der Waals surface area contributed by atoms with E-state index in [2.05, 4.69) is 0 Å². The van der Waals surface area contributed by atoms with Gasteiger partial charge in [-0.15, -0.1) is 0 Å². The van der Waals surface area contributed by atoms with E-state index in [-0.39, 0.29) is 23.2 Å². The highest BCUT2D eigenvalue weighted by molar-refractivity contribution is 6.35. The molecule has 1 fully saturated rings. The number of alkyl halides is 6. The van der Waals surface area contributed by atoms with E-state index in [1.807, 2.05) is 27.7 Å². The van der Waals surface area contributed by atoms with Gasteiger partial charge in [0.05, 0.1) is 11.1 Å². The van der Waals surface area contributed by atoms with Gasteiger partial charge in [-0.1, -0.05) is 76.2 Å². The Hall–Kier alpha value is -4.60. The number of carbonyl (C=O) groups is 2. The molecule has 4 nitrogen and oxygen atoms in total. The van der Waals surface area contributed by atoms with E-state index in [0.29, 0.717) is 22.5 Å². The normalized spacial score (nSPS) is 17.0. The number of benzene rings is 4. The van der Waals surface area contributed by atoms with E-state index in [4.69, 9.17) is 0 Å². The molecule has 0 aromatic heterocycles. The van der Waals surface area contributed by atoms with Gasteiger partial charge < -0.3 is 9.80 Å². The molecule has 4 aromatic rings. The fraction of sp³-hybridized carbons (Fsp3) is 0.278. The van der Waals surface area contributed by atoms with Gasteiger partial charge in [0.25, 0.3) is 0 Å². The van der Waals surface area contributed by atoms with Crippen LogP contribution >= 0.6 is 0 Å². The standard InChI is InChI=1S/C36H32F6N2O2/c1-21(2)27-15-5-7-17-29(27)43(25-13-9-11-23(19-25)35(37,38)39)31-33(45)32(34(31)46)44(30-18-8-6-16-28(30)22(3)4)26-14-10-12-24(20-26)36(40,41)42/h5-22,31-32H,1-4H3. The summed E-state index contributed by atoms with van der Waals surface area (Å²) in [5.74, 6) is -1.55. The Morgan fingerprint density at radius 1 is 0.522 bits per heavy atom. The van der Waals surface area contributed by atoms with E-state index in [1.54, 1.807) is 48.5 Å². The predicted molar refractivity (Wildman–Crippen MR) is 166 cm³/mol. The molecule has 46 heavy (non-hydrogen) atoms. The Bertz CT molecular complexity index is 1620. The van der Waals surface area contributed by atoms with Crippen LogP contribution in [0.25, 0.3) is 0 Å². The minimum Gasteiger partial charge on any atom is -0.323 e. The lowest BCUT2D eigenvalue weighted by Crippen LogP contribution is -2.69. The second kappa shape index (κ2) is 12.3. The first-order chi connectivity index (χ1) is 21.6. The molecule has 0 bridgehead atoms. The first-order valence-corrected chi connectivity index (χ1v) is 14.8. The maximum absolute atomic E-state index is 14.3. The molecule has 0 heterocycles. The molecule has 0 atom stereocenters. The SMILES string of the molecule is CC(C)c1ccccc1N(c1cccc(C(F)(F)F)c1)C1C(=O)C(N(c2cccc(C(F)(F)F)c2)c2ccccc2C(C)C)C1=O. The fourth-order valence-electron chi connectivity index (χ4n) is 5.90. The van der Waals surface area contributed by atoms with Crippen molar-refractivity contribution < 1.29 is 35.9 Å². The van der Waals surface area contributed by atoms with Crippen LogP contribution < -0.4 is 9.80 Å². The molecule has 0 saturated heterocycles. The summed E-state index contributed by atoms with van der Waals surface area (Å²) in [5, 5.41) is 0. The van der Waals surface area contributed by atoms with Gasteiger partial charge in [0.15, 0.2) is 23.7 Å². The van der Waals surface area contributed by atoms with E-state index < -0.39 is 47.1 Å². The molecular weight excluding hydrogens is 606 g/mol. The minimum atomic E-state index is -4.68. The second-order valence-electron chi connectivity index (χ2n) is 11.9. The molecule has 0 unspecified atom stereocenters. The van der Waals surface area contributed by atoms with Gasteiger partial charge in [0.1, 0.15) is 0 Å². The van der Waals surface area contributed by atoms with Crippen molar-refractivity contribution in [1.29, 1.82) is 0 Å². The third-order valence-corrected chi connectivity index (χ3v) is 8.13. The molecule has 10 heteroatoms. The lowest BCUT2D eigenvalue weighted by molar-refractivity contribution is -0.141. The van der Waals surface area contributed by atoms with Crippen molar-refractivity contribution in [2.45, 2.75) is 64.0 Å². The summed E-state index contributed by atoms with van der Waals surface area (Å²) in [6.07, 6.45) is -9.37. The largest absolute Gasteiger partial charge is 0.416 e. The van der Waals surface area contributed by atoms with Crippen LogP contribution in [0.15, 0.2) is 97.1 Å². The first-order valence-electron chi connectivity index (χ1n) is 14.8. The summed E-state index contributed by atoms with van der Waals surface area (Å²) in [5.41, 5.74) is 0.231.